The van der Waals surface area contributed by atoms with E-state index in [0.717, 1.165) is 24.8 Å². The van der Waals surface area contributed by atoms with Gasteiger partial charge in [0.1, 0.15) is 18.0 Å². The van der Waals surface area contributed by atoms with E-state index in [1.54, 1.807) is 6.92 Å². The minimum Gasteiger partial charge on any atom is -0.480 e. The van der Waals surface area contributed by atoms with Crippen LogP contribution in [0, 0.1) is 0 Å². The largest absolute Gasteiger partial charge is 0.480 e. The van der Waals surface area contributed by atoms with E-state index in [1.165, 1.54) is 16.7 Å². The molecule has 3 atom stereocenters. The molecule has 1 aromatic rings. The Kier molecular flexibility index (Phi) is 10.3. The number of unbranched alkanes of at least 4 members (excludes halogenated alkanes) is 3. The fraction of sp³-hybridized carbons (Fsp3) is 0.600. The maximum Gasteiger partial charge on any atom is 0.323 e. The van der Waals surface area contributed by atoms with E-state index in [9.17, 15) is 19.3 Å². The third-order valence-electron chi connectivity index (χ3n) is 4.77. The molecule has 168 valence electrons. The summed E-state index contributed by atoms with van der Waals surface area (Å²) in [6, 6.07) is 8.59. The summed E-state index contributed by atoms with van der Waals surface area (Å²) in [6.07, 6.45) is 3.83. The van der Waals surface area contributed by atoms with Crippen molar-refractivity contribution in [3.05, 3.63) is 35.9 Å². The van der Waals surface area contributed by atoms with Crippen molar-refractivity contribution in [1.29, 1.82) is 0 Å². The summed E-state index contributed by atoms with van der Waals surface area (Å²) in [5.41, 5.74) is 6.37. The molecule has 1 heterocycles. The first kappa shape index (κ1) is 24.9. The molecule has 0 aromatic heterocycles. The molecule has 0 spiro atoms. The molecule has 1 aliphatic heterocycles. The van der Waals surface area contributed by atoms with Gasteiger partial charge in [-0.15, -0.1) is 11.8 Å². The molecule has 0 aliphatic carbocycles. The van der Waals surface area contributed by atoms with E-state index >= 15 is 0 Å². The van der Waals surface area contributed by atoms with Gasteiger partial charge in [-0.1, -0.05) is 43.2 Å². The fourth-order valence-corrected chi connectivity index (χ4v) is 6.89. The van der Waals surface area contributed by atoms with Gasteiger partial charge in [0.25, 0.3) is 7.52 Å². The van der Waals surface area contributed by atoms with Gasteiger partial charge in [0.05, 0.1) is 6.61 Å². The SMILES string of the molecule is CCOP(=O)(CCCCCCN)NC1CS[C@H](c2ccccc2)N(CC(=O)O)C1=O. The number of benzene rings is 1. The molecule has 8 nitrogen and oxygen atoms in total. The molecule has 1 fully saturated rings. The molecule has 30 heavy (non-hydrogen) atoms. The number of nitrogens with zero attached hydrogens (tertiary/aromatic N) is 1. The van der Waals surface area contributed by atoms with Gasteiger partial charge in [0.15, 0.2) is 0 Å². The average Bonchev–Trinajstić information content (AvgIpc) is 2.71. The van der Waals surface area contributed by atoms with E-state index in [0.29, 0.717) is 24.9 Å². The van der Waals surface area contributed by atoms with Gasteiger partial charge in [-0.05, 0) is 31.9 Å². The molecule has 4 N–H and O–H groups in total. The summed E-state index contributed by atoms with van der Waals surface area (Å²) < 4.78 is 18.8. The summed E-state index contributed by atoms with van der Waals surface area (Å²) in [4.78, 5) is 25.9. The van der Waals surface area contributed by atoms with Crippen LogP contribution in [0.1, 0.15) is 43.5 Å². The van der Waals surface area contributed by atoms with Gasteiger partial charge < -0.3 is 20.3 Å². The lowest BCUT2D eigenvalue weighted by Gasteiger charge is -2.39. The number of amides is 1. The Bertz CT molecular complexity index is 736. The number of carboxylic acid groups (broad SMARTS) is 1. The third kappa shape index (κ3) is 7.39. The van der Waals surface area contributed by atoms with Crippen molar-refractivity contribution in [2.45, 2.75) is 44.0 Å². The van der Waals surface area contributed by atoms with Crippen LogP contribution >= 0.6 is 19.3 Å². The summed E-state index contributed by atoms with van der Waals surface area (Å²) in [5.74, 6) is -1.06. The molecule has 0 bridgehead atoms. The van der Waals surface area contributed by atoms with Crippen LogP contribution in [0.2, 0.25) is 0 Å². The molecular formula is C20H32N3O5PS. The molecule has 1 amide bonds. The summed E-state index contributed by atoms with van der Waals surface area (Å²) in [6.45, 7) is 2.26. The minimum atomic E-state index is -3.22. The first-order valence-corrected chi connectivity index (χ1v) is 13.2. The number of aliphatic carboxylic acids is 1. The van der Waals surface area contributed by atoms with E-state index in [1.807, 2.05) is 30.3 Å². The topological polar surface area (TPSA) is 122 Å². The number of hydrogen-bond acceptors (Lipinski definition) is 6. The number of thioether (sulfide) groups is 1. The van der Waals surface area contributed by atoms with Crippen molar-refractivity contribution in [1.82, 2.24) is 9.99 Å². The summed E-state index contributed by atoms with van der Waals surface area (Å²) >= 11 is 1.46. The average molecular weight is 458 g/mol. The zero-order valence-electron chi connectivity index (χ0n) is 17.4. The molecule has 0 radical (unpaired) electrons. The standard InChI is InChI=1S/C20H32N3O5PS/c1-2-28-29(27,13-9-4-3-8-12-21)22-17-15-30-20(16-10-6-5-7-11-16)23(19(17)26)14-18(24)25/h5-7,10-11,17,20H,2-4,8-9,12-15,21H2,1H3,(H,22,27)(H,24,25)/t17?,20-,29?/m1/s1. The van der Waals surface area contributed by atoms with Gasteiger partial charge in [-0.3, -0.25) is 14.2 Å². The van der Waals surface area contributed by atoms with Crippen molar-refractivity contribution >= 4 is 31.2 Å². The minimum absolute atomic E-state index is 0.270. The predicted molar refractivity (Wildman–Crippen MR) is 120 cm³/mol. The van der Waals surface area contributed by atoms with Gasteiger partial charge >= 0.3 is 5.97 Å². The van der Waals surface area contributed by atoms with E-state index in [2.05, 4.69) is 5.09 Å². The van der Waals surface area contributed by atoms with Crippen LogP contribution in [-0.2, 0) is 18.7 Å². The molecule has 1 aromatic carbocycles. The maximum absolute atomic E-state index is 13.3. The second kappa shape index (κ2) is 12.5. The normalized spacial score (nSPS) is 21.4. The number of rotatable bonds is 13. The number of hydrogen-bond donors (Lipinski definition) is 3. The monoisotopic (exact) mass is 457 g/mol. The molecule has 2 unspecified atom stereocenters. The Labute approximate surface area is 182 Å². The Balaban J connectivity index is 2.09. The van der Waals surface area contributed by atoms with Gasteiger partial charge in [-0.2, -0.15) is 0 Å². The molecule has 10 heteroatoms. The van der Waals surface area contributed by atoms with Crippen LogP contribution in [0.5, 0.6) is 0 Å². The van der Waals surface area contributed by atoms with Crippen LogP contribution in [0.3, 0.4) is 0 Å². The lowest BCUT2D eigenvalue weighted by molar-refractivity contribution is -0.145. The van der Waals surface area contributed by atoms with Gasteiger partial charge in [-0.25, -0.2) is 5.09 Å². The van der Waals surface area contributed by atoms with Crippen LogP contribution in [0.15, 0.2) is 30.3 Å². The Morgan fingerprint density at radius 2 is 2.00 bits per heavy atom. The molecule has 2 rings (SSSR count). The lowest BCUT2D eigenvalue weighted by Crippen LogP contribution is -2.53. The van der Waals surface area contributed by atoms with Crippen LogP contribution in [-0.4, -0.2) is 59.5 Å². The van der Waals surface area contributed by atoms with E-state index in [4.69, 9.17) is 10.3 Å². The van der Waals surface area contributed by atoms with Crippen LogP contribution < -0.4 is 10.8 Å². The van der Waals surface area contributed by atoms with Crippen LogP contribution in [0.4, 0.5) is 0 Å². The highest BCUT2D eigenvalue weighted by atomic mass is 32.2. The lowest BCUT2D eigenvalue weighted by atomic mass is 10.2. The molecule has 0 saturated carbocycles. The third-order valence-corrected chi connectivity index (χ3v) is 8.43. The number of carbonyl (C=O) groups is 2. The van der Waals surface area contributed by atoms with Gasteiger partial charge in [0, 0.05) is 11.9 Å². The van der Waals surface area contributed by atoms with Crippen molar-refractivity contribution in [3.63, 3.8) is 0 Å². The number of carboxylic acids is 1. The smallest absolute Gasteiger partial charge is 0.323 e. The molecular weight excluding hydrogens is 425 g/mol. The predicted octanol–water partition coefficient (Wildman–Crippen LogP) is 3.05. The van der Waals surface area contributed by atoms with Gasteiger partial charge in [0.2, 0.25) is 5.91 Å². The highest BCUT2D eigenvalue weighted by Crippen LogP contribution is 2.46. The second-order valence-electron chi connectivity index (χ2n) is 7.16. The highest BCUT2D eigenvalue weighted by molar-refractivity contribution is 7.99. The molecule has 1 aliphatic rings. The highest BCUT2D eigenvalue weighted by Gasteiger charge is 2.40. The maximum atomic E-state index is 13.3. The second-order valence-corrected chi connectivity index (χ2v) is 10.6. The molecule has 1 saturated heterocycles. The van der Waals surface area contributed by atoms with E-state index in [-0.39, 0.29) is 12.5 Å². The van der Waals surface area contributed by atoms with E-state index < -0.39 is 31.4 Å². The zero-order chi connectivity index (χ0) is 22.0. The summed E-state index contributed by atoms with van der Waals surface area (Å²) in [7, 11) is -3.22. The van der Waals surface area contributed by atoms with Crippen molar-refractivity contribution in [2.75, 3.05) is 31.6 Å². The number of nitrogens with two attached hydrogens (primary N) is 1. The fourth-order valence-electron chi connectivity index (χ4n) is 3.39. The first-order chi connectivity index (χ1) is 14.4. The summed E-state index contributed by atoms with van der Waals surface area (Å²) in [5, 5.41) is 11.9. The zero-order valence-corrected chi connectivity index (χ0v) is 19.1. The Morgan fingerprint density at radius 1 is 1.30 bits per heavy atom. The quantitative estimate of drug-likeness (QED) is 0.305. The first-order valence-electron chi connectivity index (χ1n) is 10.3. The number of carbonyl (C=O) groups excluding carboxylic acids is 1. The Hall–Kier alpha value is -1.38. The van der Waals surface area contributed by atoms with Crippen molar-refractivity contribution in [3.8, 4) is 0 Å². The van der Waals surface area contributed by atoms with Crippen molar-refractivity contribution < 1.29 is 23.8 Å². The van der Waals surface area contributed by atoms with Crippen molar-refractivity contribution in [2.24, 2.45) is 5.73 Å². The van der Waals surface area contributed by atoms with Crippen LogP contribution in [0.25, 0.3) is 0 Å². The number of nitrogens with one attached hydrogen (secondary N) is 1. The Morgan fingerprint density at radius 3 is 2.63 bits per heavy atom.